The summed E-state index contributed by atoms with van der Waals surface area (Å²) < 4.78 is 0. The van der Waals surface area contributed by atoms with Crippen molar-refractivity contribution in [3.05, 3.63) is 16.1 Å². The van der Waals surface area contributed by atoms with Gasteiger partial charge in [0.2, 0.25) is 0 Å². The van der Waals surface area contributed by atoms with Crippen molar-refractivity contribution in [1.82, 2.24) is 15.6 Å². The van der Waals surface area contributed by atoms with Crippen LogP contribution in [0, 0.1) is 12.8 Å². The second kappa shape index (κ2) is 7.62. The minimum absolute atomic E-state index is 0.564. The lowest BCUT2D eigenvalue weighted by molar-refractivity contribution is 0.324. The lowest BCUT2D eigenvalue weighted by Crippen LogP contribution is -2.45. The maximum atomic E-state index is 4.66. The second-order valence-corrected chi connectivity index (χ2v) is 6.99. The van der Waals surface area contributed by atoms with Crippen LogP contribution in [0.4, 0.5) is 0 Å². The Balaban J connectivity index is 1.91. The van der Waals surface area contributed by atoms with Gasteiger partial charge in [-0.3, -0.25) is 0 Å². The number of nitrogens with zero attached hydrogens (tertiary/aromatic N) is 2. The Bertz CT molecular complexity index is 441. The lowest BCUT2D eigenvalue weighted by atomic mass is 9.87. The molecule has 1 fully saturated rings. The third-order valence-electron chi connectivity index (χ3n) is 3.66. The number of hydrogen-bond donors (Lipinski definition) is 2. The molecule has 20 heavy (non-hydrogen) atoms. The Morgan fingerprint density at radius 1 is 1.50 bits per heavy atom. The number of hydrogen-bond acceptors (Lipinski definition) is 3. The van der Waals surface area contributed by atoms with Crippen LogP contribution in [0.25, 0.3) is 0 Å². The van der Waals surface area contributed by atoms with Gasteiger partial charge in [0.15, 0.2) is 5.96 Å². The van der Waals surface area contributed by atoms with Gasteiger partial charge in [-0.25, -0.2) is 9.98 Å². The maximum absolute atomic E-state index is 4.66. The van der Waals surface area contributed by atoms with Crippen LogP contribution >= 0.6 is 11.3 Å². The van der Waals surface area contributed by atoms with E-state index in [2.05, 4.69) is 41.4 Å². The highest BCUT2D eigenvalue weighted by molar-refractivity contribution is 7.11. The van der Waals surface area contributed by atoms with Gasteiger partial charge in [0.25, 0.3) is 0 Å². The standard InChI is InChI=1S/C15H26N4S/c1-4-16-15(18-10-14-17-9-12(3)20-14)19-13-7-5-6-11(2)8-13/h9,11,13H,4-8,10H2,1-3H3,(H2,16,18,19). The molecule has 1 aromatic heterocycles. The van der Waals surface area contributed by atoms with Crippen molar-refractivity contribution in [3.63, 3.8) is 0 Å². The number of aryl methyl sites for hydroxylation is 1. The molecule has 1 aliphatic rings. The molecule has 4 nitrogen and oxygen atoms in total. The molecule has 1 saturated carbocycles. The van der Waals surface area contributed by atoms with Crippen LogP contribution in [0.15, 0.2) is 11.2 Å². The van der Waals surface area contributed by atoms with Gasteiger partial charge in [-0.15, -0.1) is 11.3 Å². The molecule has 2 rings (SSSR count). The van der Waals surface area contributed by atoms with Gasteiger partial charge in [-0.05, 0) is 32.6 Å². The molecule has 0 amide bonds. The second-order valence-electron chi connectivity index (χ2n) is 5.67. The molecule has 0 radical (unpaired) electrons. The highest BCUT2D eigenvalue weighted by Gasteiger charge is 2.19. The van der Waals surface area contributed by atoms with E-state index in [0.717, 1.165) is 23.4 Å². The average molecular weight is 294 g/mol. The van der Waals surface area contributed by atoms with Crippen LogP contribution < -0.4 is 10.6 Å². The number of guanidine groups is 1. The minimum atomic E-state index is 0.564. The van der Waals surface area contributed by atoms with E-state index in [1.54, 1.807) is 11.3 Å². The summed E-state index contributed by atoms with van der Waals surface area (Å²) in [7, 11) is 0. The Hall–Kier alpha value is -1.10. The number of aromatic nitrogens is 1. The molecule has 1 heterocycles. The van der Waals surface area contributed by atoms with Crippen LogP contribution in [0.2, 0.25) is 0 Å². The van der Waals surface area contributed by atoms with Gasteiger partial charge in [-0.1, -0.05) is 19.8 Å². The fourth-order valence-corrected chi connectivity index (χ4v) is 3.41. The molecule has 0 spiro atoms. The van der Waals surface area contributed by atoms with Crippen molar-refractivity contribution in [1.29, 1.82) is 0 Å². The van der Waals surface area contributed by atoms with Crippen molar-refractivity contribution in [2.24, 2.45) is 10.9 Å². The normalized spacial score (nSPS) is 23.6. The molecule has 2 atom stereocenters. The molecule has 1 aliphatic carbocycles. The fraction of sp³-hybridized carbons (Fsp3) is 0.733. The summed E-state index contributed by atoms with van der Waals surface area (Å²) in [4.78, 5) is 10.3. The molecule has 2 N–H and O–H groups in total. The number of nitrogens with one attached hydrogen (secondary N) is 2. The summed E-state index contributed by atoms with van der Waals surface area (Å²) in [6.07, 6.45) is 7.11. The van der Waals surface area contributed by atoms with Crippen LogP contribution in [-0.4, -0.2) is 23.5 Å². The van der Waals surface area contributed by atoms with Gasteiger partial charge in [-0.2, -0.15) is 0 Å². The zero-order valence-electron chi connectivity index (χ0n) is 12.8. The van der Waals surface area contributed by atoms with E-state index in [-0.39, 0.29) is 0 Å². The summed E-state index contributed by atoms with van der Waals surface area (Å²) >= 11 is 1.72. The first-order chi connectivity index (χ1) is 9.67. The topological polar surface area (TPSA) is 49.3 Å². The summed E-state index contributed by atoms with van der Waals surface area (Å²) in [5, 5.41) is 8.00. The summed E-state index contributed by atoms with van der Waals surface area (Å²) in [5.74, 6) is 1.75. The van der Waals surface area contributed by atoms with Gasteiger partial charge in [0.05, 0.1) is 6.54 Å². The van der Waals surface area contributed by atoms with Gasteiger partial charge < -0.3 is 10.6 Å². The predicted octanol–water partition coefficient (Wildman–Crippen LogP) is 3.09. The zero-order valence-corrected chi connectivity index (χ0v) is 13.6. The molecule has 1 aromatic rings. The number of thiazole rings is 1. The molecule has 0 aliphatic heterocycles. The number of aliphatic imine (C=N–C) groups is 1. The first-order valence-electron chi connectivity index (χ1n) is 7.63. The Labute approximate surface area is 126 Å². The van der Waals surface area contributed by atoms with E-state index >= 15 is 0 Å². The van der Waals surface area contributed by atoms with Crippen molar-refractivity contribution < 1.29 is 0 Å². The summed E-state index contributed by atoms with van der Waals surface area (Å²) in [6.45, 7) is 8.09. The summed E-state index contributed by atoms with van der Waals surface area (Å²) in [6, 6.07) is 0.564. The van der Waals surface area contributed by atoms with Crippen molar-refractivity contribution in [3.8, 4) is 0 Å². The first kappa shape index (κ1) is 15.3. The van der Waals surface area contributed by atoms with Crippen molar-refractivity contribution >= 4 is 17.3 Å². The monoisotopic (exact) mass is 294 g/mol. The molecule has 0 saturated heterocycles. The van der Waals surface area contributed by atoms with Crippen LogP contribution in [0.1, 0.15) is 49.4 Å². The van der Waals surface area contributed by atoms with E-state index in [0.29, 0.717) is 12.6 Å². The van der Waals surface area contributed by atoms with Gasteiger partial charge in [0.1, 0.15) is 5.01 Å². The molecule has 112 valence electrons. The Morgan fingerprint density at radius 3 is 3.00 bits per heavy atom. The molecule has 5 heteroatoms. The Morgan fingerprint density at radius 2 is 2.35 bits per heavy atom. The average Bonchev–Trinajstić information content (AvgIpc) is 2.82. The van der Waals surface area contributed by atoms with E-state index in [1.165, 1.54) is 30.6 Å². The maximum Gasteiger partial charge on any atom is 0.191 e. The molecular weight excluding hydrogens is 268 g/mol. The highest BCUT2D eigenvalue weighted by atomic mass is 32.1. The minimum Gasteiger partial charge on any atom is -0.357 e. The predicted molar refractivity (Wildman–Crippen MR) is 86.2 cm³/mol. The van der Waals surface area contributed by atoms with E-state index in [4.69, 9.17) is 0 Å². The molecule has 0 aromatic carbocycles. The van der Waals surface area contributed by atoms with Gasteiger partial charge in [0, 0.05) is 23.7 Å². The third kappa shape index (κ3) is 4.78. The quantitative estimate of drug-likeness (QED) is 0.663. The number of rotatable bonds is 4. The van der Waals surface area contributed by atoms with E-state index < -0.39 is 0 Å². The van der Waals surface area contributed by atoms with E-state index in [9.17, 15) is 0 Å². The third-order valence-corrected chi connectivity index (χ3v) is 4.56. The lowest BCUT2D eigenvalue weighted by Gasteiger charge is -2.28. The molecular formula is C15H26N4S. The highest BCUT2D eigenvalue weighted by Crippen LogP contribution is 2.23. The molecule has 2 unspecified atom stereocenters. The zero-order chi connectivity index (χ0) is 14.4. The largest absolute Gasteiger partial charge is 0.357 e. The SMILES string of the molecule is CCNC(=NCc1ncc(C)s1)NC1CCCC(C)C1. The van der Waals surface area contributed by atoms with Crippen LogP contribution in [-0.2, 0) is 6.54 Å². The Kier molecular flexibility index (Phi) is 5.83. The smallest absolute Gasteiger partial charge is 0.191 e. The first-order valence-corrected chi connectivity index (χ1v) is 8.45. The van der Waals surface area contributed by atoms with Crippen LogP contribution in [0.3, 0.4) is 0 Å². The molecule has 0 bridgehead atoms. The van der Waals surface area contributed by atoms with Crippen molar-refractivity contribution in [2.75, 3.05) is 6.54 Å². The summed E-state index contributed by atoms with van der Waals surface area (Å²) in [5.41, 5.74) is 0. The van der Waals surface area contributed by atoms with E-state index in [1.807, 2.05) is 6.20 Å². The fourth-order valence-electron chi connectivity index (χ4n) is 2.70. The van der Waals surface area contributed by atoms with Crippen LogP contribution in [0.5, 0.6) is 0 Å². The van der Waals surface area contributed by atoms with Crippen molar-refractivity contribution in [2.45, 2.75) is 59.0 Å². The van der Waals surface area contributed by atoms with Gasteiger partial charge >= 0.3 is 0 Å².